The second kappa shape index (κ2) is 8.33. The second-order valence-electron chi connectivity index (χ2n) is 5.32. The monoisotopic (exact) mass is 412 g/mol. The lowest BCUT2D eigenvalue weighted by Crippen LogP contribution is -2.31. The lowest BCUT2D eigenvalue weighted by Gasteiger charge is -2.10. The Morgan fingerprint density at radius 1 is 1.26 bits per heavy atom. The van der Waals surface area contributed by atoms with Crippen molar-refractivity contribution in [2.24, 2.45) is 4.99 Å². The van der Waals surface area contributed by atoms with Gasteiger partial charge < -0.3 is 5.32 Å². The fraction of sp³-hybridized carbons (Fsp3) is 0.118. The molecule has 0 saturated heterocycles. The number of nitrogens with zero attached hydrogens (tertiary/aromatic N) is 2. The minimum absolute atomic E-state index is 0.121. The highest BCUT2D eigenvalue weighted by Gasteiger charge is 2.30. The number of halogens is 4. The van der Waals surface area contributed by atoms with Gasteiger partial charge in [-0.05, 0) is 48.9 Å². The summed E-state index contributed by atoms with van der Waals surface area (Å²) >= 11 is 9.82. The van der Waals surface area contributed by atoms with Crippen LogP contribution in [0.1, 0.15) is 16.7 Å². The first-order valence-corrected chi connectivity index (χ1v) is 8.16. The summed E-state index contributed by atoms with van der Waals surface area (Å²) in [5.74, 6) is 0. The zero-order valence-corrected chi connectivity index (χ0v) is 15.4. The summed E-state index contributed by atoms with van der Waals surface area (Å²) in [6, 6.07) is 8.56. The summed E-state index contributed by atoms with van der Waals surface area (Å²) < 4.78 is 38.0. The lowest BCUT2D eigenvalue weighted by atomic mass is 10.1. The minimum Gasteiger partial charge on any atom is -0.308 e. The van der Waals surface area contributed by atoms with Crippen molar-refractivity contribution < 1.29 is 18.0 Å². The van der Waals surface area contributed by atoms with Crippen molar-refractivity contribution in [1.29, 1.82) is 5.26 Å². The Labute approximate surface area is 163 Å². The zero-order chi connectivity index (χ0) is 20.2. The van der Waals surface area contributed by atoms with Crippen LogP contribution in [0.4, 0.5) is 29.3 Å². The number of benzene rings is 2. The molecule has 0 atom stereocenters. The number of aryl methyl sites for hydroxylation is 1. The normalized spacial score (nSPS) is 11.7. The molecule has 0 aromatic heterocycles. The number of aliphatic imine (C=N–C) groups is 1. The predicted molar refractivity (Wildman–Crippen MR) is 101 cm³/mol. The topological polar surface area (TPSA) is 77.3 Å². The summed E-state index contributed by atoms with van der Waals surface area (Å²) in [6.45, 7) is 1.46. The molecule has 0 saturated carbocycles. The van der Waals surface area contributed by atoms with Crippen LogP contribution in [-0.2, 0) is 6.18 Å². The Kier molecular flexibility index (Phi) is 6.36. The molecule has 2 N–H and O–H groups in total. The molecule has 5 nitrogen and oxygen atoms in total. The van der Waals surface area contributed by atoms with E-state index in [1.54, 1.807) is 0 Å². The van der Waals surface area contributed by atoms with E-state index in [0.29, 0.717) is 5.69 Å². The lowest BCUT2D eigenvalue weighted by molar-refractivity contribution is -0.137. The molecule has 2 aromatic carbocycles. The summed E-state index contributed by atoms with van der Waals surface area (Å²) in [6.07, 6.45) is -4.45. The average molecular weight is 413 g/mol. The number of carbonyl (C=O) groups excluding carboxylic acids is 1. The summed E-state index contributed by atoms with van der Waals surface area (Å²) in [5.41, 5.74) is 0.220. The molecule has 0 spiro atoms. The second-order valence-corrected chi connectivity index (χ2v) is 6.15. The van der Waals surface area contributed by atoms with Gasteiger partial charge in [0.15, 0.2) is 5.17 Å². The number of amides is 2. The van der Waals surface area contributed by atoms with E-state index in [1.165, 1.54) is 31.2 Å². The van der Waals surface area contributed by atoms with Crippen LogP contribution in [0.15, 0.2) is 41.4 Å². The molecule has 0 radical (unpaired) electrons. The molecule has 0 aliphatic heterocycles. The van der Waals surface area contributed by atoms with Crippen molar-refractivity contribution in [2.45, 2.75) is 13.1 Å². The molecule has 0 fully saturated rings. The number of nitriles is 1. The van der Waals surface area contributed by atoms with Crippen molar-refractivity contribution in [2.75, 3.05) is 5.32 Å². The number of rotatable bonds is 2. The highest BCUT2D eigenvalue weighted by molar-refractivity contribution is 7.96. The van der Waals surface area contributed by atoms with Gasteiger partial charge in [-0.1, -0.05) is 11.6 Å². The van der Waals surface area contributed by atoms with Crippen LogP contribution in [0.2, 0.25) is 5.02 Å². The molecule has 0 bridgehead atoms. The molecule has 2 aromatic rings. The van der Waals surface area contributed by atoms with E-state index in [0.717, 1.165) is 12.1 Å². The number of nitrogens with one attached hydrogen (secondary N) is 2. The van der Waals surface area contributed by atoms with Crippen LogP contribution in [-0.4, -0.2) is 11.2 Å². The fourth-order valence-electron chi connectivity index (χ4n) is 2.05. The Morgan fingerprint density at radius 3 is 2.56 bits per heavy atom. The van der Waals surface area contributed by atoms with E-state index in [4.69, 9.17) is 16.9 Å². The number of hydrogen-bond acceptors (Lipinski definition) is 3. The average Bonchev–Trinajstić information content (AvgIpc) is 2.57. The number of alkyl halides is 3. The first kappa shape index (κ1) is 20.6. The smallest absolute Gasteiger partial charge is 0.308 e. The molecule has 0 aliphatic carbocycles. The van der Waals surface area contributed by atoms with Gasteiger partial charge in [-0.3, -0.25) is 5.32 Å². The quantitative estimate of drug-likeness (QED) is 0.356. The Bertz CT molecular complexity index is 954. The highest BCUT2D eigenvalue weighted by Crippen LogP contribution is 2.32. The number of amidine groups is 1. The van der Waals surface area contributed by atoms with Gasteiger partial charge in [-0.2, -0.15) is 18.4 Å². The van der Waals surface area contributed by atoms with Gasteiger partial charge in [0.25, 0.3) is 0 Å². The van der Waals surface area contributed by atoms with E-state index in [2.05, 4.69) is 28.3 Å². The zero-order valence-electron chi connectivity index (χ0n) is 13.7. The maximum absolute atomic E-state index is 12.7. The molecule has 140 valence electrons. The van der Waals surface area contributed by atoms with Crippen molar-refractivity contribution in [3.8, 4) is 6.07 Å². The number of anilines is 1. The van der Waals surface area contributed by atoms with Crippen LogP contribution in [0, 0.1) is 18.3 Å². The molecule has 0 aliphatic rings. The van der Waals surface area contributed by atoms with E-state index in [9.17, 15) is 18.0 Å². The van der Waals surface area contributed by atoms with Gasteiger partial charge in [0.1, 0.15) is 6.07 Å². The maximum Gasteiger partial charge on any atom is 0.416 e. The SMILES string of the molecule is Cc1cc(C(F)(F)F)ccc1/N=C(\S)NC(=O)Nc1ccc(Cl)c(C#N)c1. The third kappa shape index (κ3) is 5.64. The van der Waals surface area contributed by atoms with E-state index in [-0.39, 0.29) is 27.0 Å². The van der Waals surface area contributed by atoms with Gasteiger partial charge in [0, 0.05) is 5.69 Å². The molecular formula is C17H12ClF3N4OS. The van der Waals surface area contributed by atoms with Crippen molar-refractivity contribution in [3.63, 3.8) is 0 Å². The maximum atomic E-state index is 12.7. The van der Waals surface area contributed by atoms with Crippen molar-refractivity contribution in [3.05, 3.63) is 58.1 Å². The van der Waals surface area contributed by atoms with Gasteiger partial charge in [-0.15, -0.1) is 12.6 Å². The number of thiol groups is 1. The minimum atomic E-state index is -4.45. The van der Waals surface area contributed by atoms with E-state index < -0.39 is 17.8 Å². The third-order valence-electron chi connectivity index (χ3n) is 3.32. The van der Waals surface area contributed by atoms with Gasteiger partial charge in [0.2, 0.25) is 0 Å². The van der Waals surface area contributed by atoms with Crippen LogP contribution >= 0.6 is 24.2 Å². The number of urea groups is 1. The van der Waals surface area contributed by atoms with Crippen LogP contribution < -0.4 is 10.6 Å². The standard InChI is InChI=1S/C17H12ClF3N4OS/c1-9-6-11(17(19,20)21)2-5-14(9)24-16(27)25-15(26)23-12-3-4-13(18)10(7-12)8-22/h2-7H,1H3,(H3,23,24,25,26,27). The Balaban J connectivity index is 2.09. The number of carbonyl (C=O) groups is 1. The molecule has 2 amide bonds. The van der Waals surface area contributed by atoms with E-state index >= 15 is 0 Å². The Morgan fingerprint density at radius 2 is 1.96 bits per heavy atom. The number of hydrogen-bond donors (Lipinski definition) is 3. The summed E-state index contributed by atoms with van der Waals surface area (Å²) in [5, 5.41) is 13.8. The third-order valence-corrected chi connectivity index (χ3v) is 3.86. The van der Waals surface area contributed by atoms with Crippen LogP contribution in [0.3, 0.4) is 0 Å². The molecule has 27 heavy (non-hydrogen) atoms. The van der Waals surface area contributed by atoms with Crippen molar-refractivity contribution >= 4 is 46.8 Å². The largest absolute Gasteiger partial charge is 0.416 e. The van der Waals surface area contributed by atoms with Gasteiger partial charge >= 0.3 is 12.2 Å². The first-order valence-electron chi connectivity index (χ1n) is 7.33. The molecule has 0 unspecified atom stereocenters. The first-order chi connectivity index (χ1) is 12.6. The van der Waals surface area contributed by atoms with Crippen molar-refractivity contribution in [1.82, 2.24) is 5.32 Å². The predicted octanol–water partition coefficient (Wildman–Crippen LogP) is 5.28. The van der Waals surface area contributed by atoms with Gasteiger partial charge in [0.05, 0.1) is 21.8 Å². The molecular weight excluding hydrogens is 401 g/mol. The molecule has 2 rings (SSSR count). The molecule has 10 heteroatoms. The Hall–Kier alpha value is -2.70. The fourth-order valence-corrected chi connectivity index (χ4v) is 2.42. The molecule has 0 heterocycles. The van der Waals surface area contributed by atoms with Crippen LogP contribution in [0.25, 0.3) is 0 Å². The van der Waals surface area contributed by atoms with Crippen LogP contribution in [0.5, 0.6) is 0 Å². The van der Waals surface area contributed by atoms with E-state index in [1.807, 2.05) is 6.07 Å². The highest BCUT2D eigenvalue weighted by atomic mass is 35.5. The summed E-state index contributed by atoms with van der Waals surface area (Å²) in [7, 11) is 0. The van der Waals surface area contributed by atoms with Gasteiger partial charge in [-0.25, -0.2) is 9.79 Å². The summed E-state index contributed by atoms with van der Waals surface area (Å²) in [4.78, 5) is 15.9.